The minimum atomic E-state index is -1.06. The number of aromatic nitrogens is 3. The molecule has 2 aromatic heterocycles. The highest BCUT2D eigenvalue weighted by Crippen LogP contribution is 2.35. The number of oxazole rings is 1. The molecule has 0 bridgehead atoms. The van der Waals surface area contributed by atoms with E-state index >= 15 is 0 Å². The predicted octanol–water partition coefficient (Wildman–Crippen LogP) is 5.34. The lowest BCUT2D eigenvalue weighted by Crippen LogP contribution is -2.27. The number of unbranched alkanes of at least 4 members (excludes halogenated alkanes) is 3. The molecular weight excluding hydrogens is 466 g/mol. The molecule has 3 heterocycles. The Bertz CT molecular complexity index is 755. The first-order chi connectivity index (χ1) is 14.4. The highest BCUT2D eigenvalue weighted by Gasteiger charge is 2.42. The van der Waals surface area contributed by atoms with Crippen LogP contribution in [-0.2, 0) is 33.1 Å². The first kappa shape index (κ1) is 23.7. The van der Waals surface area contributed by atoms with E-state index in [0.29, 0.717) is 25.8 Å². The van der Waals surface area contributed by atoms with Crippen molar-refractivity contribution < 1.29 is 18.6 Å². The molecule has 3 rings (SSSR count). The first-order valence-electron chi connectivity index (χ1n) is 10.9. The van der Waals surface area contributed by atoms with Gasteiger partial charge in [-0.1, -0.05) is 32.5 Å². The summed E-state index contributed by atoms with van der Waals surface area (Å²) in [7, 11) is -1.06. The van der Waals surface area contributed by atoms with Gasteiger partial charge in [0, 0.05) is 27.5 Å². The molecule has 0 atom stereocenters. The molecule has 30 heavy (non-hydrogen) atoms. The maximum Gasteiger partial charge on any atom is 0.255 e. The number of imidazole rings is 1. The summed E-state index contributed by atoms with van der Waals surface area (Å²) >= 11 is 3.59. The molecule has 9 heteroatoms. The Hall–Kier alpha value is -1.00. The topological polar surface area (TPSA) is 71.5 Å². The van der Waals surface area contributed by atoms with Gasteiger partial charge in [0.25, 0.3) is 5.89 Å². The molecule has 0 aromatic carbocycles. The third-order valence-electron chi connectivity index (χ3n) is 5.27. The maximum absolute atomic E-state index is 5.91. The number of ether oxygens (including phenoxy) is 3. The fourth-order valence-corrected chi connectivity index (χ4v) is 4.66. The fraction of sp³-hybridized carbons (Fsp3) is 0.714. The van der Waals surface area contributed by atoms with E-state index in [0.717, 1.165) is 55.6 Å². The lowest BCUT2D eigenvalue weighted by Gasteiger charge is -2.23. The van der Waals surface area contributed by atoms with E-state index in [1.807, 2.05) is 6.20 Å². The number of halogens is 1. The van der Waals surface area contributed by atoms with E-state index in [4.69, 9.17) is 18.6 Å². The molecule has 2 aromatic rings. The number of hydrogen-bond acceptors (Lipinski definition) is 6. The number of aryl methyl sites for hydroxylation is 1. The van der Waals surface area contributed by atoms with Crippen molar-refractivity contribution >= 4 is 24.0 Å². The van der Waals surface area contributed by atoms with Crippen molar-refractivity contribution in [2.24, 2.45) is 0 Å². The number of hydrogen-bond donors (Lipinski definition) is 0. The van der Waals surface area contributed by atoms with Gasteiger partial charge in [0.2, 0.25) is 5.79 Å². The van der Waals surface area contributed by atoms with Gasteiger partial charge in [0.05, 0.1) is 25.6 Å². The van der Waals surface area contributed by atoms with Crippen molar-refractivity contribution in [3.8, 4) is 0 Å². The second-order valence-corrected chi connectivity index (χ2v) is 15.4. The van der Waals surface area contributed by atoms with Crippen LogP contribution in [0.2, 0.25) is 25.7 Å². The second kappa shape index (κ2) is 11.0. The van der Waals surface area contributed by atoms with Gasteiger partial charge in [0.15, 0.2) is 0 Å². The average Bonchev–Trinajstić information content (AvgIpc) is 3.44. The maximum atomic E-state index is 5.91. The zero-order valence-electron chi connectivity index (χ0n) is 18.4. The number of rotatable bonds is 13. The average molecular weight is 501 g/mol. The Balaban J connectivity index is 1.37. The van der Waals surface area contributed by atoms with Crippen LogP contribution in [0.3, 0.4) is 0 Å². The van der Waals surface area contributed by atoms with Crippen LogP contribution in [0.1, 0.15) is 43.8 Å². The van der Waals surface area contributed by atoms with Crippen LogP contribution in [0.15, 0.2) is 27.7 Å². The summed E-state index contributed by atoms with van der Waals surface area (Å²) in [5, 5.41) is 0. The highest BCUT2D eigenvalue weighted by atomic mass is 79.9. The van der Waals surface area contributed by atoms with Crippen LogP contribution < -0.4 is 0 Å². The summed E-state index contributed by atoms with van der Waals surface area (Å²) in [5.74, 6) is 0.812. The molecule has 1 aliphatic rings. The lowest BCUT2D eigenvalue weighted by molar-refractivity contribution is -0.187. The van der Waals surface area contributed by atoms with Gasteiger partial charge in [-0.05, 0) is 34.8 Å². The van der Waals surface area contributed by atoms with E-state index in [9.17, 15) is 0 Å². The van der Waals surface area contributed by atoms with Crippen LogP contribution in [0.25, 0.3) is 0 Å². The second-order valence-electron chi connectivity index (χ2n) is 8.97. The molecule has 0 spiro atoms. The van der Waals surface area contributed by atoms with Gasteiger partial charge in [-0.3, -0.25) is 4.57 Å². The summed E-state index contributed by atoms with van der Waals surface area (Å²) in [6.45, 7) is 9.65. The van der Waals surface area contributed by atoms with E-state index in [1.165, 1.54) is 6.04 Å². The zero-order valence-corrected chi connectivity index (χ0v) is 20.9. The van der Waals surface area contributed by atoms with Gasteiger partial charge in [-0.15, -0.1) is 0 Å². The van der Waals surface area contributed by atoms with Gasteiger partial charge >= 0.3 is 0 Å². The molecule has 1 aliphatic heterocycles. The quantitative estimate of drug-likeness (QED) is 0.273. The van der Waals surface area contributed by atoms with E-state index in [1.54, 1.807) is 12.5 Å². The number of nitrogens with zero attached hydrogens (tertiary/aromatic N) is 3. The van der Waals surface area contributed by atoms with Crippen molar-refractivity contribution in [1.82, 2.24) is 14.5 Å². The monoisotopic (exact) mass is 499 g/mol. The molecule has 1 fully saturated rings. The van der Waals surface area contributed by atoms with Crippen molar-refractivity contribution in [3.05, 3.63) is 35.0 Å². The summed E-state index contributed by atoms with van der Waals surface area (Å²) in [6, 6.07) is 1.18. The van der Waals surface area contributed by atoms with Crippen molar-refractivity contribution in [2.45, 2.75) is 76.7 Å². The molecule has 0 N–H and O–H groups in total. The Morgan fingerprint density at radius 1 is 1.13 bits per heavy atom. The third kappa shape index (κ3) is 6.75. The smallest absolute Gasteiger partial charge is 0.255 e. The largest absolute Gasteiger partial charge is 0.444 e. The molecule has 0 unspecified atom stereocenters. The van der Waals surface area contributed by atoms with Crippen LogP contribution in [0.4, 0.5) is 0 Å². The van der Waals surface area contributed by atoms with E-state index in [2.05, 4.69) is 50.1 Å². The standard InChI is InChI=1S/C21H34BrN3O4Si/c1-30(2,3)15-14-26-17-25-18(22)16-24-19(25)8-6-4-5-7-9-21(28-12-13-29-21)20-23-10-11-27-20/h10-11,16H,4-9,12-15,17H2,1-3H3. The minimum absolute atomic E-state index is 0.529. The fourth-order valence-electron chi connectivity index (χ4n) is 3.50. The Labute approximate surface area is 188 Å². The normalized spacial score (nSPS) is 16.4. The van der Waals surface area contributed by atoms with Crippen LogP contribution in [0.5, 0.6) is 0 Å². The molecule has 1 saturated heterocycles. The van der Waals surface area contributed by atoms with Crippen molar-refractivity contribution in [1.29, 1.82) is 0 Å². The summed E-state index contributed by atoms with van der Waals surface area (Å²) < 4.78 is 26.1. The SMILES string of the molecule is C[Si](C)(C)CCOCn1c(Br)cnc1CCCCCCC1(c2ncco2)OCCO1. The zero-order chi connectivity index (χ0) is 21.5. The van der Waals surface area contributed by atoms with Gasteiger partial charge in [0.1, 0.15) is 23.4 Å². The Kier molecular flexibility index (Phi) is 8.70. The molecule has 168 valence electrons. The van der Waals surface area contributed by atoms with E-state index in [-0.39, 0.29) is 0 Å². The minimum Gasteiger partial charge on any atom is -0.444 e. The van der Waals surface area contributed by atoms with Crippen LogP contribution in [-0.4, -0.2) is 42.4 Å². The lowest BCUT2D eigenvalue weighted by atomic mass is 10.1. The molecular formula is C21H34BrN3O4Si. The van der Waals surface area contributed by atoms with Crippen LogP contribution in [0, 0.1) is 0 Å². The molecule has 0 radical (unpaired) electrons. The predicted molar refractivity (Wildman–Crippen MR) is 121 cm³/mol. The van der Waals surface area contributed by atoms with Crippen molar-refractivity contribution in [3.63, 3.8) is 0 Å². The van der Waals surface area contributed by atoms with E-state index < -0.39 is 13.9 Å². The Morgan fingerprint density at radius 3 is 2.60 bits per heavy atom. The van der Waals surface area contributed by atoms with Crippen molar-refractivity contribution in [2.75, 3.05) is 19.8 Å². The summed E-state index contributed by atoms with van der Waals surface area (Å²) in [5.41, 5.74) is 0. The molecule has 0 saturated carbocycles. The molecule has 0 aliphatic carbocycles. The van der Waals surface area contributed by atoms with Gasteiger partial charge in [-0.2, -0.15) is 0 Å². The summed E-state index contributed by atoms with van der Waals surface area (Å²) in [6.07, 6.45) is 11.1. The Morgan fingerprint density at radius 2 is 1.90 bits per heavy atom. The summed E-state index contributed by atoms with van der Waals surface area (Å²) in [4.78, 5) is 8.79. The molecule has 7 nitrogen and oxygen atoms in total. The molecule has 0 amide bonds. The van der Waals surface area contributed by atoms with Crippen LogP contribution >= 0.6 is 15.9 Å². The highest BCUT2D eigenvalue weighted by molar-refractivity contribution is 9.10. The third-order valence-corrected chi connectivity index (χ3v) is 7.61. The van der Waals surface area contributed by atoms with Gasteiger partial charge < -0.3 is 18.6 Å². The van der Waals surface area contributed by atoms with Gasteiger partial charge in [-0.25, -0.2) is 9.97 Å². The first-order valence-corrected chi connectivity index (χ1v) is 15.4.